The minimum atomic E-state index is -1.04. The van der Waals surface area contributed by atoms with Crippen molar-refractivity contribution in [1.82, 2.24) is 5.32 Å². The summed E-state index contributed by atoms with van der Waals surface area (Å²) in [7, 11) is 0. The van der Waals surface area contributed by atoms with Gasteiger partial charge in [-0.3, -0.25) is 4.79 Å². The number of aliphatic carboxylic acids is 1. The molecule has 0 fully saturated rings. The minimum Gasteiger partial charge on any atom is -0.480 e. The first-order chi connectivity index (χ1) is 6.99. The van der Waals surface area contributed by atoms with Gasteiger partial charge in [0.1, 0.15) is 6.04 Å². The van der Waals surface area contributed by atoms with E-state index >= 15 is 0 Å². The maximum absolute atomic E-state index is 11.2. The van der Waals surface area contributed by atoms with Crippen molar-refractivity contribution in [3.63, 3.8) is 0 Å². The SMILES string of the molecule is C[C@H](N)C(=O)N[C@@H](CCCCN)C(=O)O.Cl. The van der Waals surface area contributed by atoms with Crippen LogP contribution < -0.4 is 16.8 Å². The highest BCUT2D eigenvalue weighted by Gasteiger charge is 2.20. The second-order valence-corrected chi connectivity index (χ2v) is 3.47. The Morgan fingerprint density at radius 2 is 1.94 bits per heavy atom. The summed E-state index contributed by atoms with van der Waals surface area (Å²) in [6.07, 6.45) is 1.80. The highest BCUT2D eigenvalue weighted by molar-refractivity contribution is 5.86. The third-order valence-corrected chi connectivity index (χ3v) is 1.98. The summed E-state index contributed by atoms with van der Waals surface area (Å²) in [5.41, 5.74) is 10.6. The largest absolute Gasteiger partial charge is 0.480 e. The fourth-order valence-corrected chi connectivity index (χ4v) is 1.05. The van der Waals surface area contributed by atoms with Gasteiger partial charge in [-0.15, -0.1) is 12.4 Å². The van der Waals surface area contributed by atoms with Gasteiger partial charge in [-0.1, -0.05) is 0 Å². The lowest BCUT2D eigenvalue weighted by Gasteiger charge is -2.15. The molecule has 0 radical (unpaired) electrons. The molecule has 96 valence electrons. The van der Waals surface area contributed by atoms with E-state index in [0.29, 0.717) is 19.4 Å². The van der Waals surface area contributed by atoms with Crippen molar-refractivity contribution in [1.29, 1.82) is 0 Å². The molecule has 0 aromatic carbocycles. The Morgan fingerprint density at radius 1 is 1.38 bits per heavy atom. The number of carbonyl (C=O) groups excluding carboxylic acids is 1. The fourth-order valence-electron chi connectivity index (χ4n) is 1.05. The normalized spacial score (nSPS) is 13.4. The Balaban J connectivity index is 0. The van der Waals surface area contributed by atoms with E-state index in [4.69, 9.17) is 16.6 Å². The zero-order valence-corrected chi connectivity index (χ0v) is 10.1. The first-order valence-electron chi connectivity index (χ1n) is 4.98. The van der Waals surface area contributed by atoms with Crippen LogP contribution in [0.25, 0.3) is 0 Å². The quantitative estimate of drug-likeness (QED) is 0.454. The van der Waals surface area contributed by atoms with Crippen molar-refractivity contribution < 1.29 is 14.7 Å². The average Bonchev–Trinajstić information content (AvgIpc) is 2.15. The Labute approximate surface area is 101 Å². The van der Waals surface area contributed by atoms with E-state index in [0.717, 1.165) is 6.42 Å². The lowest BCUT2D eigenvalue weighted by atomic mass is 10.1. The molecule has 16 heavy (non-hydrogen) atoms. The van der Waals surface area contributed by atoms with E-state index in [1.54, 1.807) is 0 Å². The predicted octanol–water partition coefficient (Wildman–Crippen LogP) is -0.546. The summed E-state index contributed by atoms with van der Waals surface area (Å²) in [4.78, 5) is 21.9. The molecular weight excluding hydrogens is 234 g/mol. The van der Waals surface area contributed by atoms with E-state index in [1.807, 2.05) is 0 Å². The summed E-state index contributed by atoms with van der Waals surface area (Å²) >= 11 is 0. The predicted molar refractivity (Wildman–Crippen MR) is 63.4 cm³/mol. The fraction of sp³-hybridized carbons (Fsp3) is 0.778. The van der Waals surface area contributed by atoms with Gasteiger partial charge in [0.2, 0.25) is 5.91 Å². The van der Waals surface area contributed by atoms with Crippen LogP contribution in [0.5, 0.6) is 0 Å². The van der Waals surface area contributed by atoms with Crippen molar-refractivity contribution in [3.05, 3.63) is 0 Å². The second-order valence-electron chi connectivity index (χ2n) is 3.47. The van der Waals surface area contributed by atoms with Crippen LogP contribution in [0.1, 0.15) is 26.2 Å². The minimum absolute atomic E-state index is 0. The van der Waals surface area contributed by atoms with E-state index in [9.17, 15) is 9.59 Å². The molecule has 0 unspecified atom stereocenters. The summed E-state index contributed by atoms with van der Waals surface area (Å²) < 4.78 is 0. The van der Waals surface area contributed by atoms with Crippen LogP contribution in [0.4, 0.5) is 0 Å². The topological polar surface area (TPSA) is 118 Å². The van der Waals surface area contributed by atoms with Gasteiger partial charge in [-0.05, 0) is 32.7 Å². The van der Waals surface area contributed by atoms with Gasteiger partial charge in [0.25, 0.3) is 0 Å². The van der Waals surface area contributed by atoms with Gasteiger partial charge in [0, 0.05) is 0 Å². The van der Waals surface area contributed by atoms with Crippen molar-refractivity contribution in [2.45, 2.75) is 38.3 Å². The molecule has 0 rings (SSSR count). The van der Waals surface area contributed by atoms with E-state index < -0.39 is 24.0 Å². The van der Waals surface area contributed by atoms with Crippen LogP contribution >= 0.6 is 12.4 Å². The van der Waals surface area contributed by atoms with Gasteiger partial charge in [0.15, 0.2) is 0 Å². The lowest BCUT2D eigenvalue weighted by Crippen LogP contribution is -2.47. The maximum atomic E-state index is 11.2. The van der Waals surface area contributed by atoms with E-state index in [2.05, 4.69) is 5.32 Å². The summed E-state index contributed by atoms with van der Waals surface area (Å²) in [6.45, 7) is 2.03. The number of halogens is 1. The van der Waals surface area contributed by atoms with Crippen LogP contribution in [0, 0.1) is 0 Å². The molecule has 7 heteroatoms. The molecule has 0 bridgehead atoms. The number of carboxylic acids is 1. The van der Waals surface area contributed by atoms with Gasteiger partial charge in [0.05, 0.1) is 6.04 Å². The third-order valence-electron chi connectivity index (χ3n) is 1.98. The Hall–Kier alpha value is -0.850. The average molecular weight is 254 g/mol. The number of carbonyl (C=O) groups is 2. The number of nitrogens with one attached hydrogen (secondary N) is 1. The van der Waals surface area contributed by atoms with Crippen LogP contribution in [0.15, 0.2) is 0 Å². The van der Waals surface area contributed by atoms with Crippen molar-refractivity contribution >= 4 is 24.3 Å². The number of carboxylic acid groups (broad SMARTS) is 1. The van der Waals surface area contributed by atoms with Crippen LogP contribution in [0.3, 0.4) is 0 Å². The van der Waals surface area contributed by atoms with Crippen molar-refractivity contribution in [3.8, 4) is 0 Å². The summed E-state index contributed by atoms with van der Waals surface area (Å²) in [5, 5.41) is 11.2. The summed E-state index contributed by atoms with van der Waals surface area (Å²) in [5.74, 6) is -1.49. The van der Waals surface area contributed by atoms with Crippen LogP contribution in [-0.2, 0) is 9.59 Å². The van der Waals surface area contributed by atoms with Crippen LogP contribution in [0.2, 0.25) is 0 Å². The number of unbranched alkanes of at least 4 members (excludes halogenated alkanes) is 1. The molecule has 0 aromatic heterocycles. The number of nitrogens with two attached hydrogens (primary N) is 2. The second kappa shape index (κ2) is 9.38. The van der Waals surface area contributed by atoms with Crippen molar-refractivity contribution in [2.24, 2.45) is 11.5 Å². The third kappa shape index (κ3) is 7.44. The molecule has 2 atom stereocenters. The van der Waals surface area contributed by atoms with Gasteiger partial charge in [-0.25, -0.2) is 4.79 Å². The molecule has 6 nitrogen and oxygen atoms in total. The highest BCUT2D eigenvalue weighted by atomic mass is 35.5. The molecule has 0 saturated heterocycles. The first kappa shape index (κ1) is 17.5. The van der Waals surface area contributed by atoms with Gasteiger partial charge in [-0.2, -0.15) is 0 Å². The molecule has 6 N–H and O–H groups in total. The molecule has 0 aliphatic rings. The number of hydrogen-bond donors (Lipinski definition) is 4. The number of amides is 1. The number of hydrogen-bond acceptors (Lipinski definition) is 4. The lowest BCUT2D eigenvalue weighted by molar-refractivity contribution is -0.142. The Bertz CT molecular complexity index is 224. The van der Waals surface area contributed by atoms with E-state index in [1.165, 1.54) is 6.92 Å². The Kier molecular flexibility index (Phi) is 10.3. The standard InChI is InChI=1S/C9H19N3O3.ClH/c1-6(11)8(13)12-7(9(14)15)4-2-3-5-10;/h6-7H,2-5,10-11H2,1H3,(H,12,13)(H,14,15);1H/t6-,7-;/m0./s1. The molecule has 1 amide bonds. The molecule has 0 saturated carbocycles. The highest BCUT2D eigenvalue weighted by Crippen LogP contribution is 2.00. The molecule has 0 aromatic rings. The maximum Gasteiger partial charge on any atom is 0.326 e. The molecule has 0 spiro atoms. The molecular formula is C9H20ClN3O3. The smallest absolute Gasteiger partial charge is 0.326 e. The molecule has 0 heterocycles. The first-order valence-corrected chi connectivity index (χ1v) is 4.98. The monoisotopic (exact) mass is 253 g/mol. The zero-order chi connectivity index (χ0) is 11.8. The zero-order valence-electron chi connectivity index (χ0n) is 9.31. The van der Waals surface area contributed by atoms with Gasteiger partial charge < -0.3 is 21.9 Å². The van der Waals surface area contributed by atoms with Gasteiger partial charge >= 0.3 is 5.97 Å². The van der Waals surface area contributed by atoms with Crippen LogP contribution in [-0.4, -0.2) is 35.6 Å². The summed E-state index contributed by atoms with van der Waals surface area (Å²) in [6, 6.07) is -1.56. The number of rotatable bonds is 7. The van der Waals surface area contributed by atoms with Crippen molar-refractivity contribution in [2.75, 3.05) is 6.54 Å². The van der Waals surface area contributed by atoms with E-state index in [-0.39, 0.29) is 12.4 Å². The molecule has 0 aliphatic heterocycles. The molecule has 0 aliphatic carbocycles. The Morgan fingerprint density at radius 3 is 2.31 bits per heavy atom.